The van der Waals surface area contributed by atoms with Crippen molar-refractivity contribution in [1.82, 2.24) is 14.8 Å². The second-order valence-corrected chi connectivity index (χ2v) is 9.87. The van der Waals surface area contributed by atoms with Crippen LogP contribution in [0.4, 0.5) is 13.2 Å². The number of halogens is 3. The van der Waals surface area contributed by atoms with Crippen LogP contribution in [0, 0.1) is 0 Å². The fourth-order valence-electron chi connectivity index (χ4n) is 3.49. The number of aromatic nitrogens is 3. The van der Waals surface area contributed by atoms with Gasteiger partial charge in [-0.05, 0) is 12.1 Å². The highest BCUT2D eigenvalue weighted by molar-refractivity contribution is 7.91. The van der Waals surface area contributed by atoms with Crippen molar-refractivity contribution in [2.24, 2.45) is 0 Å². The highest BCUT2D eigenvalue weighted by Gasteiger charge is 2.32. The molecule has 1 fully saturated rings. The first-order valence-electron chi connectivity index (χ1n) is 10.1. The largest absolute Gasteiger partial charge is 0.489 e. The van der Waals surface area contributed by atoms with E-state index < -0.39 is 27.1 Å². The van der Waals surface area contributed by atoms with Crippen LogP contribution < -0.4 is 10.3 Å². The topological polar surface area (TPSA) is 100 Å². The lowest BCUT2D eigenvalue weighted by molar-refractivity contribution is -0.137. The number of pyridine rings is 1. The molecule has 1 aliphatic carbocycles. The van der Waals surface area contributed by atoms with Crippen molar-refractivity contribution in [3.8, 4) is 11.6 Å². The van der Waals surface area contributed by atoms with Gasteiger partial charge in [0.15, 0.2) is 15.7 Å². The maximum absolute atomic E-state index is 13.1. The zero-order chi connectivity index (χ0) is 24.0. The molecular formula is C21H20F3N3O5S. The molecule has 0 bridgehead atoms. The third kappa shape index (κ3) is 4.44. The molecule has 176 valence electrons. The summed E-state index contributed by atoms with van der Waals surface area (Å²) in [6.45, 7) is 1.42. The van der Waals surface area contributed by atoms with Gasteiger partial charge in [-0.1, -0.05) is 13.0 Å². The number of ether oxygens (including phenoxy) is 2. The summed E-state index contributed by atoms with van der Waals surface area (Å²) in [6.07, 6.45) is -1.02. The number of alkyl halides is 3. The van der Waals surface area contributed by atoms with Gasteiger partial charge in [0.2, 0.25) is 0 Å². The third-order valence-corrected chi connectivity index (χ3v) is 7.26. The number of hydrogen-bond acceptors (Lipinski definition) is 7. The van der Waals surface area contributed by atoms with Gasteiger partial charge in [-0.3, -0.25) is 4.79 Å². The Morgan fingerprint density at radius 1 is 1.15 bits per heavy atom. The minimum Gasteiger partial charge on any atom is -0.489 e. The normalized spacial score (nSPS) is 18.8. The predicted octanol–water partition coefficient (Wildman–Crippen LogP) is 3.15. The Morgan fingerprint density at radius 3 is 2.52 bits per heavy atom. The van der Waals surface area contributed by atoms with Crippen LogP contribution in [0.5, 0.6) is 5.75 Å². The zero-order valence-corrected chi connectivity index (χ0v) is 18.5. The standard InChI is InChI=1S/C21H20F3N3O5S/c1-3-33(29,30)18-9-16(32-15-7-14(8-15)31-2)11-25-19(18)27-20(28)17-6-13(21(22,23)24)5-4-12(17)10-26-27/h4-6,9-11,14-15H,3,7-8H2,1-2H3. The van der Waals surface area contributed by atoms with Gasteiger partial charge in [0.05, 0.1) is 35.2 Å². The van der Waals surface area contributed by atoms with Crippen molar-refractivity contribution < 1.29 is 31.1 Å². The van der Waals surface area contributed by atoms with Crippen molar-refractivity contribution in [3.05, 3.63) is 52.6 Å². The molecule has 33 heavy (non-hydrogen) atoms. The summed E-state index contributed by atoms with van der Waals surface area (Å²) in [5, 5.41) is 3.87. The SMILES string of the molecule is CCS(=O)(=O)c1cc(OC2CC(OC)C2)cnc1-n1ncc2ccc(C(F)(F)F)cc2c1=O. The molecule has 0 N–H and O–H groups in total. The summed E-state index contributed by atoms with van der Waals surface area (Å²) in [5.74, 6) is -0.406. The lowest BCUT2D eigenvalue weighted by Gasteiger charge is -2.34. The van der Waals surface area contributed by atoms with E-state index in [-0.39, 0.29) is 45.2 Å². The number of benzene rings is 1. The van der Waals surface area contributed by atoms with Crippen LogP contribution >= 0.6 is 0 Å². The Hall–Kier alpha value is -2.99. The molecule has 1 saturated carbocycles. The first-order valence-corrected chi connectivity index (χ1v) is 11.7. The molecule has 0 aliphatic heterocycles. The molecule has 2 aromatic heterocycles. The predicted molar refractivity (Wildman–Crippen MR) is 112 cm³/mol. The quantitative estimate of drug-likeness (QED) is 0.531. The molecule has 1 aromatic carbocycles. The molecule has 0 spiro atoms. The van der Waals surface area contributed by atoms with Crippen molar-refractivity contribution in [2.75, 3.05) is 12.9 Å². The Balaban J connectivity index is 1.82. The van der Waals surface area contributed by atoms with Crippen LogP contribution in [0.2, 0.25) is 0 Å². The van der Waals surface area contributed by atoms with E-state index in [0.29, 0.717) is 23.6 Å². The van der Waals surface area contributed by atoms with Gasteiger partial charge < -0.3 is 9.47 Å². The fourth-order valence-corrected chi connectivity index (χ4v) is 4.52. The molecule has 2 heterocycles. The minimum absolute atomic E-state index is 0.0723. The molecule has 4 rings (SSSR count). The van der Waals surface area contributed by atoms with Gasteiger partial charge >= 0.3 is 6.18 Å². The summed E-state index contributed by atoms with van der Waals surface area (Å²) in [6, 6.07) is 3.95. The number of nitrogens with zero attached hydrogens (tertiary/aromatic N) is 3. The first kappa shape index (κ1) is 23.2. The highest BCUT2D eigenvalue weighted by atomic mass is 32.2. The molecular weight excluding hydrogens is 463 g/mol. The average molecular weight is 483 g/mol. The van der Waals surface area contributed by atoms with Gasteiger partial charge in [0.1, 0.15) is 16.7 Å². The van der Waals surface area contributed by atoms with Gasteiger partial charge in [-0.25, -0.2) is 13.4 Å². The van der Waals surface area contributed by atoms with Crippen LogP contribution in [-0.2, 0) is 20.8 Å². The molecule has 12 heteroatoms. The minimum atomic E-state index is -4.65. The van der Waals surface area contributed by atoms with Crippen LogP contribution in [0.25, 0.3) is 16.6 Å². The smallest absolute Gasteiger partial charge is 0.416 e. The van der Waals surface area contributed by atoms with Gasteiger partial charge in [0, 0.05) is 31.4 Å². The van der Waals surface area contributed by atoms with Gasteiger partial charge in [-0.15, -0.1) is 0 Å². The molecule has 0 atom stereocenters. The molecule has 8 nitrogen and oxygen atoms in total. The monoisotopic (exact) mass is 483 g/mol. The van der Waals surface area contributed by atoms with E-state index in [1.54, 1.807) is 7.11 Å². The third-order valence-electron chi connectivity index (χ3n) is 5.53. The van der Waals surface area contributed by atoms with Crippen LogP contribution in [-0.4, -0.2) is 48.3 Å². The van der Waals surface area contributed by atoms with Crippen molar-refractivity contribution in [3.63, 3.8) is 0 Å². The maximum Gasteiger partial charge on any atom is 0.416 e. The van der Waals surface area contributed by atoms with E-state index in [1.165, 1.54) is 25.4 Å². The Labute approximate surface area is 186 Å². The molecule has 3 aromatic rings. The summed E-state index contributed by atoms with van der Waals surface area (Å²) in [4.78, 5) is 16.8. The van der Waals surface area contributed by atoms with E-state index in [1.807, 2.05) is 0 Å². The van der Waals surface area contributed by atoms with E-state index in [9.17, 15) is 26.4 Å². The van der Waals surface area contributed by atoms with Crippen molar-refractivity contribution >= 4 is 20.6 Å². The van der Waals surface area contributed by atoms with E-state index >= 15 is 0 Å². The number of sulfone groups is 1. The van der Waals surface area contributed by atoms with Crippen LogP contribution in [0.1, 0.15) is 25.3 Å². The molecule has 0 saturated heterocycles. The molecule has 1 aliphatic rings. The van der Waals surface area contributed by atoms with Crippen LogP contribution in [0.15, 0.2) is 46.3 Å². The summed E-state index contributed by atoms with van der Waals surface area (Å²) in [5.41, 5.74) is -1.92. The van der Waals surface area contributed by atoms with E-state index in [2.05, 4.69) is 10.1 Å². The lowest BCUT2D eigenvalue weighted by Crippen LogP contribution is -2.38. The van der Waals surface area contributed by atoms with Gasteiger partial charge in [0.25, 0.3) is 5.56 Å². The van der Waals surface area contributed by atoms with E-state index in [0.717, 1.165) is 12.1 Å². The van der Waals surface area contributed by atoms with Crippen LogP contribution in [0.3, 0.4) is 0 Å². The fraction of sp³-hybridized carbons (Fsp3) is 0.381. The Kier molecular flexibility index (Phi) is 5.91. The Morgan fingerprint density at radius 2 is 1.88 bits per heavy atom. The zero-order valence-electron chi connectivity index (χ0n) is 17.7. The second-order valence-electron chi connectivity index (χ2n) is 7.63. The summed E-state index contributed by atoms with van der Waals surface area (Å²) in [7, 11) is -2.30. The second kappa shape index (κ2) is 8.41. The highest BCUT2D eigenvalue weighted by Crippen LogP contribution is 2.32. The first-order chi connectivity index (χ1) is 15.5. The number of methoxy groups -OCH3 is 1. The van der Waals surface area contributed by atoms with Gasteiger partial charge in [-0.2, -0.15) is 23.0 Å². The number of rotatable bonds is 6. The van der Waals surface area contributed by atoms with E-state index in [4.69, 9.17) is 9.47 Å². The molecule has 0 unspecified atom stereocenters. The maximum atomic E-state index is 13.1. The van der Waals surface area contributed by atoms with Crippen molar-refractivity contribution in [1.29, 1.82) is 0 Å². The number of hydrogen-bond donors (Lipinski definition) is 0. The summed E-state index contributed by atoms with van der Waals surface area (Å²) >= 11 is 0. The summed E-state index contributed by atoms with van der Waals surface area (Å²) < 4.78 is 76.6. The molecule has 0 radical (unpaired) electrons. The average Bonchev–Trinajstić information content (AvgIpc) is 2.75. The Bertz CT molecular complexity index is 1370. The lowest BCUT2D eigenvalue weighted by atomic mass is 9.92. The van der Waals surface area contributed by atoms with Crippen molar-refractivity contribution in [2.45, 2.75) is 43.0 Å². The number of fused-ring (bicyclic) bond motifs is 1. The molecule has 0 amide bonds.